The fourth-order valence-electron chi connectivity index (χ4n) is 2.45. The van der Waals surface area contributed by atoms with Gasteiger partial charge < -0.3 is 20.8 Å². The molecule has 2 heterocycles. The standard InChI is InChI=1S/C21H22N6O3S/c1-14(13-28)25-20-16(4-3-15-9-10-23-12-19(15)29)11-24-21(27-20)26-17-5-7-18(8-6-17)31(2,22)30/h5-12,14,28-29H,2,13H2,1H3,(H2,22,30)(H2,24,25,26,27)/t14-,31?/m1/s1. The van der Waals surface area contributed by atoms with Crippen LogP contribution in [0.4, 0.5) is 17.5 Å². The van der Waals surface area contributed by atoms with Gasteiger partial charge >= 0.3 is 0 Å². The number of hydrogen-bond acceptors (Lipinski definition) is 8. The molecule has 6 N–H and O–H groups in total. The molecule has 0 saturated heterocycles. The molecule has 3 aromatic rings. The molecule has 0 aliphatic heterocycles. The molecule has 1 aromatic carbocycles. The predicted octanol–water partition coefficient (Wildman–Crippen LogP) is 1.46. The highest BCUT2D eigenvalue weighted by Gasteiger charge is 2.10. The third-order valence-corrected chi connectivity index (χ3v) is 5.16. The second kappa shape index (κ2) is 9.44. The van der Waals surface area contributed by atoms with E-state index >= 15 is 0 Å². The summed E-state index contributed by atoms with van der Waals surface area (Å²) < 4.78 is 11.8. The van der Waals surface area contributed by atoms with E-state index in [0.717, 1.165) is 0 Å². The number of nitrogens with two attached hydrogens (primary N) is 1. The lowest BCUT2D eigenvalue weighted by Gasteiger charge is -2.14. The van der Waals surface area contributed by atoms with Gasteiger partial charge in [0.2, 0.25) is 5.95 Å². The molecular weight excluding hydrogens is 416 g/mol. The zero-order valence-electron chi connectivity index (χ0n) is 16.7. The van der Waals surface area contributed by atoms with Gasteiger partial charge in [-0.25, -0.2) is 9.19 Å². The molecule has 0 spiro atoms. The largest absolute Gasteiger partial charge is 0.505 e. The minimum absolute atomic E-state index is 0.0282. The molecule has 0 saturated carbocycles. The number of aliphatic hydroxyl groups is 1. The first-order valence-electron chi connectivity index (χ1n) is 9.18. The average molecular weight is 439 g/mol. The highest BCUT2D eigenvalue weighted by Crippen LogP contribution is 2.20. The summed E-state index contributed by atoms with van der Waals surface area (Å²) in [5, 5.41) is 30.9. The van der Waals surface area contributed by atoms with Crippen LogP contribution in [0.5, 0.6) is 5.75 Å². The summed E-state index contributed by atoms with van der Waals surface area (Å²) in [5.41, 5.74) is 1.56. The molecule has 0 aliphatic carbocycles. The number of aromatic nitrogens is 3. The predicted molar refractivity (Wildman–Crippen MR) is 122 cm³/mol. The van der Waals surface area contributed by atoms with Crippen LogP contribution in [0.15, 0.2) is 53.8 Å². The Hall–Kier alpha value is -3.65. The van der Waals surface area contributed by atoms with E-state index in [2.05, 4.69) is 43.3 Å². The van der Waals surface area contributed by atoms with Gasteiger partial charge in [0.25, 0.3) is 0 Å². The van der Waals surface area contributed by atoms with Crippen LogP contribution in [0.2, 0.25) is 0 Å². The average Bonchev–Trinajstić information content (AvgIpc) is 2.74. The number of benzene rings is 1. The van der Waals surface area contributed by atoms with Crippen LogP contribution in [0.3, 0.4) is 0 Å². The third-order valence-electron chi connectivity index (χ3n) is 4.09. The fraction of sp³-hybridized carbons (Fsp3) is 0.143. The van der Waals surface area contributed by atoms with E-state index in [9.17, 15) is 14.4 Å². The number of pyridine rings is 1. The maximum atomic E-state index is 11.8. The second-order valence-electron chi connectivity index (χ2n) is 6.70. The molecule has 0 amide bonds. The van der Waals surface area contributed by atoms with E-state index in [1.807, 2.05) is 0 Å². The number of aliphatic hydroxyl groups excluding tert-OH is 1. The van der Waals surface area contributed by atoms with E-state index in [1.165, 1.54) is 18.6 Å². The Morgan fingerprint density at radius 3 is 2.55 bits per heavy atom. The first kappa shape index (κ1) is 22.0. The number of hydrogen-bond donors (Lipinski definition) is 5. The summed E-state index contributed by atoms with van der Waals surface area (Å²) in [7, 11) is -2.78. The highest BCUT2D eigenvalue weighted by molar-refractivity contribution is 7.98. The molecule has 2 atom stereocenters. The van der Waals surface area contributed by atoms with E-state index in [0.29, 0.717) is 33.5 Å². The monoisotopic (exact) mass is 438 g/mol. The van der Waals surface area contributed by atoms with Crippen molar-refractivity contribution in [1.29, 1.82) is 0 Å². The van der Waals surface area contributed by atoms with Crippen LogP contribution in [0.1, 0.15) is 18.1 Å². The van der Waals surface area contributed by atoms with E-state index in [4.69, 9.17) is 5.14 Å². The van der Waals surface area contributed by atoms with Crippen molar-refractivity contribution in [3.05, 3.63) is 60.0 Å². The lowest BCUT2D eigenvalue weighted by Crippen LogP contribution is -2.21. The van der Waals surface area contributed by atoms with Gasteiger partial charge in [0.15, 0.2) is 0 Å². The summed E-state index contributed by atoms with van der Waals surface area (Å²) >= 11 is 0. The Balaban J connectivity index is 1.90. The number of rotatable bonds is 6. The van der Waals surface area contributed by atoms with Crippen molar-refractivity contribution in [3.63, 3.8) is 0 Å². The topological polar surface area (TPSA) is 146 Å². The Kier molecular flexibility index (Phi) is 6.71. The highest BCUT2D eigenvalue weighted by atomic mass is 32.2. The number of nitrogens with zero attached hydrogens (tertiary/aromatic N) is 3. The fourth-order valence-corrected chi connectivity index (χ4v) is 3.04. The molecule has 9 nitrogen and oxygen atoms in total. The summed E-state index contributed by atoms with van der Waals surface area (Å²) in [6, 6.07) is 7.95. The van der Waals surface area contributed by atoms with Crippen molar-refractivity contribution in [2.24, 2.45) is 5.14 Å². The normalized spacial score (nSPS) is 13.4. The van der Waals surface area contributed by atoms with Crippen LogP contribution < -0.4 is 15.8 Å². The molecule has 31 heavy (non-hydrogen) atoms. The zero-order chi connectivity index (χ0) is 22.4. The number of aromatic hydroxyl groups is 1. The molecule has 0 fully saturated rings. The van der Waals surface area contributed by atoms with Gasteiger partial charge in [-0.1, -0.05) is 11.8 Å². The molecule has 1 unspecified atom stereocenters. The molecule has 2 aromatic heterocycles. The quantitative estimate of drug-likeness (QED) is 0.287. The van der Waals surface area contributed by atoms with Gasteiger partial charge in [0, 0.05) is 22.8 Å². The smallest absolute Gasteiger partial charge is 0.229 e. The van der Waals surface area contributed by atoms with Gasteiger partial charge in [0.1, 0.15) is 11.6 Å². The maximum Gasteiger partial charge on any atom is 0.229 e. The molecule has 0 aliphatic rings. The van der Waals surface area contributed by atoms with Gasteiger partial charge in [-0.15, -0.1) is 0 Å². The SMILES string of the molecule is C=S(N)(=O)c1ccc(Nc2ncc(C#Cc3ccncc3O)c(N[C@H](C)CO)n2)cc1. The van der Waals surface area contributed by atoms with Crippen LogP contribution in [-0.4, -0.2) is 47.9 Å². The summed E-state index contributed by atoms with van der Waals surface area (Å²) in [6.07, 6.45) is 4.37. The Morgan fingerprint density at radius 2 is 1.90 bits per heavy atom. The first-order valence-corrected chi connectivity index (χ1v) is 11.0. The summed E-state index contributed by atoms with van der Waals surface area (Å²) in [5.74, 6) is 9.93. The Labute approximate surface area is 180 Å². The Bertz CT molecular complexity index is 1230. The van der Waals surface area contributed by atoms with Gasteiger partial charge in [-0.2, -0.15) is 4.98 Å². The van der Waals surface area contributed by atoms with Crippen molar-refractivity contribution in [3.8, 4) is 17.6 Å². The summed E-state index contributed by atoms with van der Waals surface area (Å²) in [6.45, 7) is 1.69. The van der Waals surface area contributed by atoms with Crippen LogP contribution in [-0.2, 0) is 9.71 Å². The summed E-state index contributed by atoms with van der Waals surface area (Å²) in [4.78, 5) is 13.0. The van der Waals surface area contributed by atoms with Crippen LogP contribution in [0.25, 0.3) is 0 Å². The molecule has 0 bridgehead atoms. The molecule has 160 valence electrons. The molecule has 0 radical (unpaired) electrons. The van der Waals surface area contributed by atoms with Crippen molar-refractivity contribution in [1.82, 2.24) is 15.0 Å². The maximum absolute atomic E-state index is 11.8. The van der Waals surface area contributed by atoms with Crippen molar-refractivity contribution >= 4 is 33.0 Å². The van der Waals surface area contributed by atoms with Gasteiger partial charge in [0.05, 0.1) is 39.8 Å². The van der Waals surface area contributed by atoms with E-state index in [1.54, 1.807) is 37.3 Å². The molecular formula is C21H22N6O3S. The molecule has 3 rings (SSSR count). The van der Waals surface area contributed by atoms with E-state index in [-0.39, 0.29) is 18.4 Å². The van der Waals surface area contributed by atoms with Gasteiger partial charge in [-0.05, 0) is 43.1 Å². The zero-order valence-corrected chi connectivity index (χ0v) is 17.6. The first-order chi connectivity index (χ1) is 14.8. The lowest BCUT2D eigenvalue weighted by atomic mass is 10.2. The minimum Gasteiger partial charge on any atom is -0.505 e. The lowest BCUT2D eigenvalue weighted by molar-refractivity contribution is 0.281. The van der Waals surface area contributed by atoms with Gasteiger partial charge in [-0.3, -0.25) is 10.1 Å². The van der Waals surface area contributed by atoms with Crippen molar-refractivity contribution < 1.29 is 14.4 Å². The number of nitrogens with one attached hydrogen (secondary N) is 2. The van der Waals surface area contributed by atoms with Crippen LogP contribution in [0, 0.1) is 11.8 Å². The van der Waals surface area contributed by atoms with E-state index < -0.39 is 9.71 Å². The van der Waals surface area contributed by atoms with Crippen molar-refractivity contribution in [2.45, 2.75) is 17.9 Å². The van der Waals surface area contributed by atoms with Crippen LogP contribution >= 0.6 is 0 Å². The second-order valence-corrected chi connectivity index (χ2v) is 8.63. The third kappa shape index (κ3) is 5.93. The number of anilines is 3. The minimum atomic E-state index is -2.78. The van der Waals surface area contributed by atoms with Crippen molar-refractivity contribution in [2.75, 3.05) is 17.2 Å². The molecule has 10 heteroatoms. The Morgan fingerprint density at radius 1 is 1.19 bits per heavy atom.